The van der Waals surface area contributed by atoms with E-state index in [1.807, 2.05) is 11.0 Å². The van der Waals surface area contributed by atoms with E-state index in [2.05, 4.69) is 14.0 Å². The zero-order chi connectivity index (χ0) is 23.9. The summed E-state index contributed by atoms with van der Waals surface area (Å²) in [5, 5.41) is 11.1. The summed E-state index contributed by atoms with van der Waals surface area (Å²) in [7, 11) is 2.20. The Bertz CT molecular complexity index is 724. The lowest BCUT2D eigenvalue weighted by Gasteiger charge is -2.33. The third kappa shape index (κ3) is 10.7. The van der Waals surface area contributed by atoms with Crippen LogP contribution in [0.1, 0.15) is 96.0 Å². The standard InChI is InChI=1S/C27H46N3O3/c1-3-4-5-6-7-8-9-10-11-12-13-18-27(31)28-19-15-21-30(2,22-20-28)24-25-16-14-17-26(23-25)29(32)33/h14,16-17,23H,3-13,15,18-22,24H2,1-2H3/q+1. The van der Waals surface area contributed by atoms with E-state index in [-0.39, 0.29) is 10.6 Å². The molecule has 1 aromatic rings. The molecule has 1 unspecified atom stereocenters. The van der Waals surface area contributed by atoms with Crippen LogP contribution in [-0.2, 0) is 11.3 Å². The fourth-order valence-corrected chi connectivity index (χ4v) is 4.94. The zero-order valence-corrected chi connectivity index (χ0v) is 21.1. The van der Waals surface area contributed by atoms with Crippen LogP contribution in [0.15, 0.2) is 24.3 Å². The number of nitrogens with zero attached hydrogens (tertiary/aromatic N) is 3. The van der Waals surface area contributed by atoms with Crippen molar-refractivity contribution in [2.75, 3.05) is 33.2 Å². The number of benzene rings is 1. The first-order chi connectivity index (χ1) is 15.9. The Morgan fingerprint density at radius 2 is 1.61 bits per heavy atom. The summed E-state index contributed by atoms with van der Waals surface area (Å²) in [5.74, 6) is 0.301. The molecule has 1 fully saturated rings. The van der Waals surface area contributed by atoms with Crippen molar-refractivity contribution >= 4 is 11.6 Å². The molecular weight excluding hydrogens is 414 g/mol. The molecule has 1 heterocycles. The van der Waals surface area contributed by atoms with Gasteiger partial charge >= 0.3 is 0 Å². The average molecular weight is 461 g/mol. The lowest BCUT2D eigenvalue weighted by Crippen LogP contribution is -2.46. The summed E-state index contributed by atoms with van der Waals surface area (Å²) in [6.07, 6.45) is 15.9. The predicted molar refractivity (Wildman–Crippen MR) is 135 cm³/mol. The number of rotatable bonds is 15. The molecule has 2 rings (SSSR count). The molecule has 0 N–H and O–H groups in total. The minimum atomic E-state index is -0.332. The topological polar surface area (TPSA) is 63.5 Å². The highest BCUT2D eigenvalue weighted by Gasteiger charge is 2.28. The SMILES string of the molecule is CCCCCCCCCCCCCC(=O)N1CCC[N+](C)(Cc2cccc([N+](=O)[O-])c2)CC1. The molecule has 1 aliphatic heterocycles. The number of hydrogen-bond acceptors (Lipinski definition) is 3. The van der Waals surface area contributed by atoms with Crippen LogP contribution in [0, 0.1) is 10.1 Å². The maximum Gasteiger partial charge on any atom is 0.269 e. The highest BCUT2D eigenvalue weighted by atomic mass is 16.6. The first kappa shape index (κ1) is 27.3. The van der Waals surface area contributed by atoms with Gasteiger partial charge < -0.3 is 9.38 Å². The van der Waals surface area contributed by atoms with Crippen molar-refractivity contribution in [1.82, 2.24) is 4.90 Å². The largest absolute Gasteiger partial charge is 0.337 e. The van der Waals surface area contributed by atoms with E-state index >= 15 is 0 Å². The fraction of sp³-hybridized carbons (Fsp3) is 0.741. The third-order valence-electron chi connectivity index (χ3n) is 7.07. The van der Waals surface area contributed by atoms with Gasteiger partial charge in [0.25, 0.3) is 5.69 Å². The van der Waals surface area contributed by atoms with Gasteiger partial charge in [0.1, 0.15) is 6.54 Å². The van der Waals surface area contributed by atoms with Gasteiger partial charge in [0.05, 0.1) is 31.6 Å². The van der Waals surface area contributed by atoms with Gasteiger partial charge in [-0.15, -0.1) is 0 Å². The van der Waals surface area contributed by atoms with Crippen molar-refractivity contribution in [2.45, 2.75) is 96.9 Å². The van der Waals surface area contributed by atoms with E-state index in [1.165, 1.54) is 57.8 Å². The lowest BCUT2D eigenvalue weighted by molar-refractivity contribution is -0.920. The van der Waals surface area contributed by atoms with Gasteiger partial charge in [0.15, 0.2) is 0 Å². The van der Waals surface area contributed by atoms with Gasteiger partial charge in [0.2, 0.25) is 5.91 Å². The number of non-ortho nitro benzene ring substituents is 1. The van der Waals surface area contributed by atoms with Crippen molar-refractivity contribution in [2.24, 2.45) is 0 Å². The molecule has 0 saturated carbocycles. The summed E-state index contributed by atoms with van der Waals surface area (Å²) >= 11 is 0. The van der Waals surface area contributed by atoms with Crippen molar-refractivity contribution in [3.05, 3.63) is 39.9 Å². The second kappa shape index (κ2) is 15.0. The maximum absolute atomic E-state index is 12.7. The van der Waals surface area contributed by atoms with Crippen molar-refractivity contribution < 1.29 is 14.2 Å². The van der Waals surface area contributed by atoms with Crippen molar-refractivity contribution in [3.63, 3.8) is 0 Å². The summed E-state index contributed by atoms with van der Waals surface area (Å²) in [4.78, 5) is 25.5. The molecular formula is C27H46N3O3+. The Morgan fingerprint density at radius 3 is 2.24 bits per heavy atom. The summed E-state index contributed by atoms with van der Waals surface area (Å²) in [5.41, 5.74) is 1.14. The van der Waals surface area contributed by atoms with Crippen LogP contribution < -0.4 is 0 Å². The van der Waals surface area contributed by atoms with E-state index < -0.39 is 0 Å². The molecule has 0 aromatic heterocycles. The zero-order valence-electron chi connectivity index (χ0n) is 21.1. The summed E-state index contributed by atoms with van der Waals surface area (Å²) in [6, 6.07) is 6.96. The first-order valence-electron chi connectivity index (χ1n) is 13.3. The Hall–Kier alpha value is -1.95. The molecule has 0 spiro atoms. The minimum absolute atomic E-state index is 0.151. The van der Waals surface area contributed by atoms with Crippen molar-refractivity contribution in [1.29, 1.82) is 0 Å². The molecule has 1 aliphatic rings. The third-order valence-corrected chi connectivity index (χ3v) is 7.07. The van der Waals surface area contributed by atoms with Crippen LogP contribution in [0.4, 0.5) is 5.69 Å². The Balaban J connectivity index is 1.63. The number of hydrogen-bond donors (Lipinski definition) is 0. The quantitative estimate of drug-likeness (QED) is 0.130. The van der Waals surface area contributed by atoms with Crippen LogP contribution in [0.25, 0.3) is 0 Å². The first-order valence-corrected chi connectivity index (χ1v) is 13.3. The molecule has 0 bridgehead atoms. The smallest absolute Gasteiger partial charge is 0.269 e. The molecule has 1 amide bonds. The molecule has 6 heteroatoms. The minimum Gasteiger partial charge on any atom is -0.337 e. The Kier molecular flexibility index (Phi) is 12.4. The van der Waals surface area contributed by atoms with Crippen LogP contribution in [-0.4, -0.2) is 53.4 Å². The second-order valence-corrected chi connectivity index (χ2v) is 10.2. The lowest BCUT2D eigenvalue weighted by atomic mass is 10.1. The average Bonchev–Trinajstić information content (AvgIpc) is 2.99. The van der Waals surface area contributed by atoms with Crippen LogP contribution in [0.2, 0.25) is 0 Å². The highest BCUT2D eigenvalue weighted by Crippen LogP contribution is 2.20. The van der Waals surface area contributed by atoms with Gasteiger partial charge in [-0.05, 0) is 6.42 Å². The monoisotopic (exact) mass is 460 g/mol. The van der Waals surface area contributed by atoms with Gasteiger partial charge in [-0.25, -0.2) is 0 Å². The number of amides is 1. The highest BCUT2D eigenvalue weighted by molar-refractivity contribution is 5.76. The van der Waals surface area contributed by atoms with E-state index in [0.717, 1.165) is 62.0 Å². The maximum atomic E-state index is 12.7. The van der Waals surface area contributed by atoms with Crippen molar-refractivity contribution in [3.8, 4) is 0 Å². The number of likely N-dealkylation sites (N-methyl/N-ethyl adjacent to an activating group) is 1. The van der Waals surface area contributed by atoms with E-state index in [4.69, 9.17) is 0 Å². The molecule has 33 heavy (non-hydrogen) atoms. The number of carbonyl (C=O) groups is 1. The van der Waals surface area contributed by atoms with Gasteiger partial charge in [-0.1, -0.05) is 83.3 Å². The Morgan fingerprint density at radius 1 is 0.970 bits per heavy atom. The number of quaternary nitrogens is 1. The van der Waals surface area contributed by atoms with E-state index in [0.29, 0.717) is 12.3 Å². The van der Waals surface area contributed by atoms with Gasteiger partial charge in [-0.3, -0.25) is 14.9 Å². The predicted octanol–water partition coefficient (Wildman–Crippen LogP) is 6.47. The number of carbonyl (C=O) groups excluding carboxylic acids is 1. The van der Waals surface area contributed by atoms with E-state index in [9.17, 15) is 14.9 Å². The normalized spacial score (nSPS) is 18.8. The number of unbranched alkanes of at least 4 members (excludes halogenated alkanes) is 10. The van der Waals surface area contributed by atoms with E-state index in [1.54, 1.807) is 18.2 Å². The molecule has 186 valence electrons. The fourth-order valence-electron chi connectivity index (χ4n) is 4.94. The Labute approximate surface area is 201 Å². The van der Waals surface area contributed by atoms with Crippen LogP contribution in [0.5, 0.6) is 0 Å². The molecule has 1 saturated heterocycles. The number of nitro groups is 1. The van der Waals surface area contributed by atoms with Gasteiger partial charge in [-0.2, -0.15) is 0 Å². The molecule has 0 aliphatic carbocycles. The van der Waals surface area contributed by atoms with Crippen LogP contribution in [0.3, 0.4) is 0 Å². The molecule has 1 atom stereocenters. The number of nitro benzene ring substituents is 1. The van der Waals surface area contributed by atoms with Crippen LogP contribution >= 0.6 is 0 Å². The summed E-state index contributed by atoms with van der Waals surface area (Å²) < 4.78 is 0.823. The second-order valence-electron chi connectivity index (χ2n) is 10.2. The molecule has 1 aromatic carbocycles. The van der Waals surface area contributed by atoms with Gasteiger partial charge in [0, 0.05) is 37.1 Å². The molecule has 6 nitrogen and oxygen atoms in total. The molecule has 0 radical (unpaired) electrons. The summed E-state index contributed by atoms with van der Waals surface area (Å²) in [6.45, 7) is 6.53.